The second-order valence-electron chi connectivity index (χ2n) is 6.28. The topological polar surface area (TPSA) is 91.3 Å². The lowest BCUT2D eigenvalue weighted by Gasteiger charge is -2.39. The number of nitrogens with one attached hydrogen (secondary N) is 1. The van der Waals surface area contributed by atoms with Crippen molar-refractivity contribution >= 4 is 22.8 Å². The molecular formula is C18H17FN4O3. The molecule has 8 heteroatoms. The minimum Gasteiger partial charge on any atom is -0.478 e. The Hall–Kier alpha value is -3.16. The van der Waals surface area contributed by atoms with Gasteiger partial charge in [-0.2, -0.15) is 0 Å². The number of hydrogen-bond donors (Lipinski definition) is 2. The molecule has 0 bridgehead atoms. The first-order valence-electron chi connectivity index (χ1n) is 8.28. The first-order valence-corrected chi connectivity index (χ1v) is 8.28. The fraction of sp³-hybridized carbons (Fsp3) is 0.278. The highest BCUT2D eigenvalue weighted by atomic mass is 19.1. The Morgan fingerprint density at radius 3 is 2.62 bits per heavy atom. The second kappa shape index (κ2) is 6.29. The van der Waals surface area contributed by atoms with Crippen LogP contribution in [0.2, 0.25) is 0 Å². The molecular weight excluding hydrogens is 339 g/mol. The van der Waals surface area contributed by atoms with Gasteiger partial charge in [0, 0.05) is 32.1 Å². The van der Waals surface area contributed by atoms with Gasteiger partial charge in [-0.1, -0.05) is 0 Å². The van der Waals surface area contributed by atoms with Gasteiger partial charge in [0.25, 0.3) is 0 Å². The lowest BCUT2D eigenvalue weighted by atomic mass is 9.91. The van der Waals surface area contributed by atoms with Crippen molar-refractivity contribution < 1.29 is 19.0 Å². The molecule has 0 radical (unpaired) electrons. The van der Waals surface area contributed by atoms with Crippen LogP contribution in [0.15, 0.2) is 42.9 Å². The fourth-order valence-electron chi connectivity index (χ4n) is 3.28. The average Bonchev–Trinajstić information content (AvgIpc) is 3.13. The number of benzene rings is 1. The molecule has 7 nitrogen and oxygen atoms in total. The van der Waals surface area contributed by atoms with Crippen molar-refractivity contribution in [2.75, 3.05) is 18.0 Å². The maximum atomic E-state index is 13.1. The zero-order valence-corrected chi connectivity index (χ0v) is 13.9. The summed E-state index contributed by atoms with van der Waals surface area (Å²) < 4.78 is 18.9. The third-order valence-corrected chi connectivity index (χ3v) is 4.72. The molecule has 2 aromatic heterocycles. The molecule has 1 aliphatic rings. The number of rotatable bonds is 4. The van der Waals surface area contributed by atoms with Crippen molar-refractivity contribution in [3.05, 3.63) is 48.7 Å². The van der Waals surface area contributed by atoms with Crippen molar-refractivity contribution in [3.8, 4) is 5.75 Å². The number of aromatic nitrogens is 3. The maximum absolute atomic E-state index is 13.1. The second-order valence-corrected chi connectivity index (χ2v) is 6.28. The standard InChI is InChI=1S/C18H17FN4O3/c19-12-1-3-13(4-2-12)26-18(17(24)25)6-9-23(10-7-18)16-14-5-8-20-15(14)21-11-22-16/h1-5,8,11H,6-7,9-10H2,(H,24,25)(H,20,21,22). The fourth-order valence-corrected chi connectivity index (χ4v) is 3.28. The number of aliphatic carboxylic acids is 1. The Bertz CT molecular complexity index is 933. The van der Waals surface area contributed by atoms with Crippen LogP contribution in [-0.4, -0.2) is 44.7 Å². The number of carboxylic acid groups (broad SMARTS) is 1. The molecule has 1 fully saturated rings. The summed E-state index contributed by atoms with van der Waals surface area (Å²) in [5.74, 6) is -0.291. The number of aromatic amines is 1. The van der Waals surface area contributed by atoms with Gasteiger partial charge in [0.15, 0.2) is 0 Å². The molecule has 2 N–H and O–H groups in total. The van der Waals surface area contributed by atoms with Crippen LogP contribution in [0.1, 0.15) is 12.8 Å². The highest BCUT2D eigenvalue weighted by Crippen LogP contribution is 2.32. The van der Waals surface area contributed by atoms with E-state index >= 15 is 0 Å². The monoisotopic (exact) mass is 356 g/mol. The third-order valence-electron chi connectivity index (χ3n) is 4.72. The van der Waals surface area contributed by atoms with E-state index in [1.54, 1.807) is 6.20 Å². The minimum absolute atomic E-state index is 0.287. The molecule has 3 aromatic rings. The number of hydrogen-bond acceptors (Lipinski definition) is 5. The smallest absolute Gasteiger partial charge is 0.348 e. The summed E-state index contributed by atoms with van der Waals surface area (Å²) in [5.41, 5.74) is -0.592. The van der Waals surface area contributed by atoms with Crippen molar-refractivity contribution in [2.45, 2.75) is 18.4 Å². The van der Waals surface area contributed by atoms with E-state index in [2.05, 4.69) is 15.0 Å². The first-order chi connectivity index (χ1) is 12.6. The predicted octanol–water partition coefficient (Wildman–Crippen LogP) is 2.60. The third kappa shape index (κ3) is 2.83. The summed E-state index contributed by atoms with van der Waals surface area (Å²) in [6, 6.07) is 7.30. The molecule has 26 heavy (non-hydrogen) atoms. The normalized spacial score (nSPS) is 16.6. The van der Waals surface area contributed by atoms with Crippen LogP contribution in [0, 0.1) is 5.82 Å². The summed E-state index contributed by atoms with van der Waals surface area (Å²) in [6.07, 6.45) is 3.86. The van der Waals surface area contributed by atoms with E-state index in [1.165, 1.54) is 30.6 Å². The Labute approximate surface area is 148 Å². The molecule has 1 aliphatic heterocycles. The zero-order valence-electron chi connectivity index (χ0n) is 13.9. The van der Waals surface area contributed by atoms with Crippen LogP contribution in [0.3, 0.4) is 0 Å². The van der Waals surface area contributed by atoms with Gasteiger partial charge in [0.1, 0.15) is 29.4 Å². The number of nitrogens with zero attached hydrogens (tertiary/aromatic N) is 3. The Balaban J connectivity index is 1.55. The van der Waals surface area contributed by atoms with Gasteiger partial charge in [-0.05, 0) is 30.3 Å². The van der Waals surface area contributed by atoms with Crippen LogP contribution < -0.4 is 9.64 Å². The van der Waals surface area contributed by atoms with Crippen molar-refractivity contribution in [1.29, 1.82) is 0 Å². The van der Waals surface area contributed by atoms with Gasteiger partial charge in [0.2, 0.25) is 5.60 Å². The van der Waals surface area contributed by atoms with E-state index in [0.29, 0.717) is 18.8 Å². The number of anilines is 1. The molecule has 1 saturated heterocycles. The van der Waals surface area contributed by atoms with Gasteiger partial charge in [-0.15, -0.1) is 0 Å². The molecule has 4 rings (SSSR count). The lowest BCUT2D eigenvalue weighted by molar-refractivity contribution is -0.157. The number of piperidine rings is 1. The SMILES string of the molecule is O=C(O)C1(Oc2ccc(F)cc2)CCN(c2ncnc3[nH]ccc23)CC1. The number of carboxylic acids is 1. The van der Waals surface area contributed by atoms with E-state index < -0.39 is 17.4 Å². The van der Waals surface area contributed by atoms with E-state index in [9.17, 15) is 14.3 Å². The van der Waals surface area contributed by atoms with Gasteiger partial charge < -0.3 is 19.7 Å². The van der Waals surface area contributed by atoms with E-state index in [1.807, 2.05) is 11.0 Å². The molecule has 0 spiro atoms. The molecule has 0 aliphatic carbocycles. The van der Waals surface area contributed by atoms with Crippen LogP contribution in [0.25, 0.3) is 11.0 Å². The molecule has 0 atom stereocenters. The molecule has 0 saturated carbocycles. The Morgan fingerprint density at radius 1 is 1.19 bits per heavy atom. The van der Waals surface area contributed by atoms with Crippen LogP contribution in [0.4, 0.5) is 10.2 Å². The zero-order chi connectivity index (χ0) is 18.1. The Morgan fingerprint density at radius 2 is 1.92 bits per heavy atom. The molecule has 134 valence electrons. The predicted molar refractivity (Wildman–Crippen MR) is 92.7 cm³/mol. The maximum Gasteiger partial charge on any atom is 0.348 e. The van der Waals surface area contributed by atoms with Crippen LogP contribution in [-0.2, 0) is 4.79 Å². The van der Waals surface area contributed by atoms with Gasteiger partial charge in [-0.25, -0.2) is 19.2 Å². The van der Waals surface area contributed by atoms with Crippen molar-refractivity contribution in [2.24, 2.45) is 0 Å². The molecule has 3 heterocycles. The molecule has 1 aromatic carbocycles. The first kappa shape index (κ1) is 16.3. The average molecular weight is 356 g/mol. The largest absolute Gasteiger partial charge is 0.478 e. The highest BCUT2D eigenvalue weighted by Gasteiger charge is 2.44. The van der Waals surface area contributed by atoms with Crippen molar-refractivity contribution in [3.63, 3.8) is 0 Å². The van der Waals surface area contributed by atoms with E-state index in [4.69, 9.17) is 4.74 Å². The van der Waals surface area contributed by atoms with E-state index in [0.717, 1.165) is 16.9 Å². The summed E-state index contributed by atoms with van der Waals surface area (Å²) in [6.45, 7) is 0.954. The lowest BCUT2D eigenvalue weighted by Crippen LogP contribution is -2.53. The van der Waals surface area contributed by atoms with Gasteiger partial charge >= 0.3 is 5.97 Å². The molecule has 0 unspecified atom stereocenters. The number of carbonyl (C=O) groups is 1. The number of ether oxygens (including phenoxy) is 1. The minimum atomic E-state index is -1.33. The summed E-state index contributed by atoms with van der Waals surface area (Å²) in [5, 5.41) is 10.6. The summed E-state index contributed by atoms with van der Waals surface area (Å²) in [7, 11) is 0. The number of H-pyrrole nitrogens is 1. The van der Waals surface area contributed by atoms with Crippen molar-refractivity contribution in [1.82, 2.24) is 15.0 Å². The molecule has 0 amide bonds. The van der Waals surface area contributed by atoms with Crippen LogP contribution >= 0.6 is 0 Å². The number of fused-ring (bicyclic) bond motifs is 1. The number of halogens is 1. The summed E-state index contributed by atoms with van der Waals surface area (Å²) in [4.78, 5) is 25.5. The van der Waals surface area contributed by atoms with Gasteiger partial charge in [-0.3, -0.25) is 0 Å². The quantitative estimate of drug-likeness (QED) is 0.747. The van der Waals surface area contributed by atoms with Gasteiger partial charge in [0.05, 0.1) is 5.39 Å². The highest BCUT2D eigenvalue weighted by molar-refractivity contribution is 5.87. The van der Waals surface area contributed by atoms with E-state index in [-0.39, 0.29) is 12.8 Å². The van der Waals surface area contributed by atoms with Crippen LogP contribution in [0.5, 0.6) is 5.75 Å². The summed E-state index contributed by atoms with van der Waals surface area (Å²) >= 11 is 0. The Kier molecular flexibility index (Phi) is 3.95.